The third-order valence-electron chi connectivity index (χ3n) is 9.09. The predicted octanol–water partition coefficient (Wildman–Crippen LogP) is 2.71. The van der Waals surface area contributed by atoms with E-state index in [0.717, 1.165) is 18.4 Å². The molecule has 3 fully saturated rings. The van der Waals surface area contributed by atoms with Crippen LogP contribution in [0.25, 0.3) is 10.9 Å². The van der Waals surface area contributed by atoms with Crippen molar-refractivity contribution in [1.29, 1.82) is 0 Å². The molecule has 5 amide bonds. The maximum Gasteiger partial charge on any atom is 0.409 e. The average Bonchev–Trinajstić information content (AvgIpc) is 3.77. The number of fused-ring (bicyclic) bond motifs is 1. The van der Waals surface area contributed by atoms with Crippen molar-refractivity contribution in [2.24, 2.45) is 0 Å². The zero-order valence-corrected chi connectivity index (χ0v) is 30.7. The number of nitrogens with one attached hydrogen (secondary N) is 2. The number of piperazine rings is 1. The number of pyridine rings is 1. The molecule has 2 aliphatic heterocycles. The Hall–Kier alpha value is -4.95. The zero-order valence-electron chi connectivity index (χ0n) is 30.7. The van der Waals surface area contributed by atoms with Crippen LogP contribution < -0.4 is 15.4 Å². The Morgan fingerprint density at radius 2 is 1.67 bits per heavy atom. The van der Waals surface area contributed by atoms with Gasteiger partial charge < -0.3 is 39.5 Å². The number of carbonyl (C=O) groups is 6. The topological polar surface area (TPSA) is 177 Å². The lowest BCUT2D eigenvalue weighted by molar-refractivity contribution is -0.155. The number of ether oxygens (including phenoxy) is 3. The molecule has 15 heteroatoms. The van der Waals surface area contributed by atoms with Crippen molar-refractivity contribution in [3.8, 4) is 5.75 Å². The van der Waals surface area contributed by atoms with Crippen LogP contribution in [-0.2, 0) is 28.7 Å². The van der Waals surface area contributed by atoms with Crippen molar-refractivity contribution in [3.63, 3.8) is 0 Å². The Morgan fingerprint density at radius 1 is 0.962 bits per heavy atom. The van der Waals surface area contributed by atoms with Crippen molar-refractivity contribution in [1.82, 2.24) is 30.3 Å². The van der Waals surface area contributed by atoms with Gasteiger partial charge in [0.15, 0.2) is 6.61 Å². The molecule has 0 radical (unpaired) electrons. The second kappa shape index (κ2) is 16.6. The number of rotatable bonds is 12. The van der Waals surface area contributed by atoms with Gasteiger partial charge in [-0.1, -0.05) is 6.07 Å². The first-order valence-electron chi connectivity index (χ1n) is 18.1. The van der Waals surface area contributed by atoms with E-state index in [1.807, 2.05) is 13.0 Å². The molecule has 0 unspecified atom stereocenters. The third-order valence-corrected chi connectivity index (χ3v) is 9.09. The minimum Gasteiger partial charge on any atom is -0.483 e. The van der Waals surface area contributed by atoms with Crippen LogP contribution in [0.3, 0.4) is 0 Å². The van der Waals surface area contributed by atoms with Crippen molar-refractivity contribution >= 4 is 46.6 Å². The number of aromatic nitrogens is 1. The third kappa shape index (κ3) is 10.1. The van der Waals surface area contributed by atoms with E-state index >= 15 is 0 Å². The fraction of sp³-hybridized carbons (Fsp3) is 0.595. The van der Waals surface area contributed by atoms with E-state index in [9.17, 15) is 28.8 Å². The van der Waals surface area contributed by atoms with Gasteiger partial charge in [0.2, 0.25) is 11.8 Å². The highest BCUT2D eigenvalue weighted by molar-refractivity contribution is 5.99. The Morgan fingerprint density at radius 3 is 2.35 bits per heavy atom. The van der Waals surface area contributed by atoms with Crippen molar-refractivity contribution in [3.05, 3.63) is 35.5 Å². The van der Waals surface area contributed by atoms with E-state index in [1.54, 1.807) is 49.6 Å². The fourth-order valence-electron chi connectivity index (χ4n) is 6.32. The highest BCUT2D eigenvalue weighted by Crippen LogP contribution is 2.28. The van der Waals surface area contributed by atoms with E-state index in [4.69, 9.17) is 14.2 Å². The van der Waals surface area contributed by atoms with Crippen molar-refractivity contribution < 1.29 is 43.0 Å². The standard InChI is InChI=1S/C37H50N6O9/c1-6-50-36(49)42-18-16-41(17-19-42)35(48)26(13-14-32(45)52-37(3,4)5)40-33(46)28-21-30(25-12-9-23(2)20-27(25)39-28)51-22-31(44)43-15-7-8-29(43)34(47)38-24-10-11-24/h9,12,20-21,24,26,29H,6-8,10-11,13-19,22H2,1-5H3,(H,38,47)(H,40,46)/t26-,29-/m0/s1. The number of nitrogens with zero attached hydrogens (tertiary/aromatic N) is 4. The van der Waals surface area contributed by atoms with Gasteiger partial charge in [0.05, 0.1) is 12.1 Å². The molecule has 1 aromatic carbocycles. The summed E-state index contributed by atoms with van der Waals surface area (Å²) in [7, 11) is 0. The normalized spacial score (nSPS) is 18.1. The molecule has 52 heavy (non-hydrogen) atoms. The minimum atomic E-state index is -1.11. The lowest BCUT2D eigenvalue weighted by Gasteiger charge is -2.36. The van der Waals surface area contributed by atoms with Gasteiger partial charge in [-0.2, -0.15) is 0 Å². The highest BCUT2D eigenvalue weighted by atomic mass is 16.6. The van der Waals surface area contributed by atoms with Gasteiger partial charge in [-0.05, 0) is 84.4 Å². The van der Waals surface area contributed by atoms with Crippen LogP contribution in [0.5, 0.6) is 5.75 Å². The molecule has 0 spiro atoms. The van der Waals surface area contributed by atoms with Gasteiger partial charge in [-0.15, -0.1) is 0 Å². The number of carbonyl (C=O) groups excluding carboxylic acids is 6. The van der Waals surface area contributed by atoms with E-state index in [-0.39, 0.29) is 81.5 Å². The number of esters is 1. The van der Waals surface area contributed by atoms with Crippen LogP contribution in [0.1, 0.15) is 82.3 Å². The molecular formula is C37H50N6O9. The molecule has 2 atom stereocenters. The van der Waals surface area contributed by atoms with Crippen LogP contribution in [0.2, 0.25) is 0 Å². The maximum absolute atomic E-state index is 13.9. The molecule has 1 aliphatic carbocycles. The SMILES string of the molecule is CCOC(=O)N1CCN(C(=O)[C@H](CCC(=O)OC(C)(C)C)NC(=O)c2cc(OCC(=O)N3CCC[C@H]3C(=O)NC3CC3)c3ccc(C)cc3n2)CC1. The predicted molar refractivity (Wildman–Crippen MR) is 189 cm³/mol. The summed E-state index contributed by atoms with van der Waals surface area (Å²) in [5.41, 5.74) is 0.552. The van der Waals surface area contributed by atoms with Gasteiger partial charge in [-0.25, -0.2) is 9.78 Å². The Balaban J connectivity index is 1.32. The maximum atomic E-state index is 13.9. The molecule has 3 aliphatic rings. The molecule has 0 bridgehead atoms. The van der Waals surface area contributed by atoms with Crippen LogP contribution in [0, 0.1) is 6.92 Å². The number of aryl methyl sites for hydroxylation is 1. The Bertz CT molecular complexity index is 1680. The van der Waals surface area contributed by atoms with Crippen molar-refractivity contribution in [2.45, 2.75) is 96.9 Å². The summed E-state index contributed by atoms with van der Waals surface area (Å²) in [5.74, 6) is -1.85. The van der Waals surface area contributed by atoms with E-state index < -0.39 is 41.6 Å². The first-order chi connectivity index (χ1) is 24.7. The largest absolute Gasteiger partial charge is 0.483 e. The summed E-state index contributed by atoms with van der Waals surface area (Å²) in [6.45, 7) is 10.1. The summed E-state index contributed by atoms with van der Waals surface area (Å²) in [5, 5.41) is 6.34. The number of amides is 5. The van der Waals surface area contributed by atoms with Crippen molar-refractivity contribution in [2.75, 3.05) is 45.9 Å². The molecule has 2 N–H and O–H groups in total. The molecule has 2 saturated heterocycles. The first-order valence-corrected chi connectivity index (χ1v) is 18.1. The van der Waals surface area contributed by atoms with Gasteiger partial charge >= 0.3 is 12.1 Å². The molecule has 2 aromatic rings. The number of hydrogen-bond donors (Lipinski definition) is 2. The smallest absolute Gasteiger partial charge is 0.409 e. The quantitative estimate of drug-likeness (QED) is 0.310. The molecule has 5 rings (SSSR count). The highest BCUT2D eigenvalue weighted by Gasteiger charge is 2.37. The monoisotopic (exact) mass is 722 g/mol. The van der Waals surface area contributed by atoms with Crippen LogP contribution >= 0.6 is 0 Å². The number of benzene rings is 1. The molecule has 282 valence electrons. The lowest BCUT2D eigenvalue weighted by Crippen LogP contribution is -2.56. The first kappa shape index (κ1) is 38.3. The molecule has 3 heterocycles. The zero-order chi connectivity index (χ0) is 37.6. The molecule has 15 nitrogen and oxygen atoms in total. The van der Waals surface area contributed by atoms with E-state index in [0.29, 0.717) is 30.3 Å². The summed E-state index contributed by atoms with van der Waals surface area (Å²) in [6, 6.07) is 5.41. The minimum absolute atomic E-state index is 0.0343. The van der Waals surface area contributed by atoms with Gasteiger partial charge in [-0.3, -0.25) is 24.0 Å². The van der Waals surface area contributed by atoms with Gasteiger partial charge in [0.1, 0.15) is 29.1 Å². The lowest BCUT2D eigenvalue weighted by atomic mass is 10.1. The van der Waals surface area contributed by atoms with E-state index in [2.05, 4.69) is 15.6 Å². The second-order valence-corrected chi connectivity index (χ2v) is 14.5. The average molecular weight is 723 g/mol. The summed E-state index contributed by atoms with van der Waals surface area (Å²) < 4.78 is 16.6. The van der Waals surface area contributed by atoms with Gasteiger partial charge in [0.25, 0.3) is 11.8 Å². The Labute approximate surface area is 303 Å². The molecule has 1 aromatic heterocycles. The van der Waals surface area contributed by atoms with Gasteiger partial charge in [0, 0.05) is 56.6 Å². The summed E-state index contributed by atoms with van der Waals surface area (Å²) in [4.78, 5) is 87.9. The molecule has 1 saturated carbocycles. The number of hydrogen-bond acceptors (Lipinski definition) is 10. The summed E-state index contributed by atoms with van der Waals surface area (Å²) >= 11 is 0. The van der Waals surface area contributed by atoms with E-state index in [1.165, 1.54) is 11.0 Å². The second-order valence-electron chi connectivity index (χ2n) is 14.5. The number of likely N-dealkylation sites (tertiary alicyclic amines) is 1. The Kier molecular flexibility index (Phi) is 12.2. The van der Waals surface area contributed by atoms with Crippen LogP contribution in [0.15, 0.2) is 24.3 Å². The van der Waals surface area contributed by atoms with Crippen LogP contribution in [0.4, 0.5) is 4.79 Å². The fourth-order valence-corrected chi connectivity index (χ4v) is 6.32. The molecular weight excluding hydrogens is 672 g/mol. The summed E-state index contributed by atoms with van der Waals surface area (Å²) in [6.07, 6.45) is 2.58. The van der Waals surface area contributed by atoms with Crippen LogP contribution in [-0.4, -0.2) is 125 Å².